The van der Waals surface area contributed by atoms with Crippen molar-refractivity contribution in [2.24, 2.45) is 5.10 Å². The molecule has 0 aliphatic heterocycles. The number of methoxy groups -OCH3 is 1. The second-order valence-electron chi connectivity index (χ2n) is 6.87. The number of carboxylic acids is 1. The topological polar surface area (TPSA) is 103 Å². The number of fused-ring (bicyclic) bond motifs is 1. The van der Waals surface area contributed by atoms with Gasteiger partial charge in [0.15, 0.2) is 18.1 Å². The van der Waals surface area contributed by atoms with E-state index in [9.17, 15) is 9.59 Å². The maximum absolute atomic E-state index is 13.2. The highest BCUT2D eigenvalue weighted by atomic mass is 79.9. The maximum Gasteiger partial charge on any atom is 0.341 e. The molecule has 32 heavy (non-hydrogen) atoms. The molecule has 0 saturated heterocycles. The van der Waals surface area contributed by atoms with Gasteiger partial charge in [0.25, 0.3) is 5.56 Å². The molecule has 0 unspecified atom stereocenters. The minimum absolute atomic E-state index is 0.258. The van der Waals surface area contributed by atoms with Crippen molar-refractivity contribution in [3.63, 3.8) is 0 Å². The molecule has 0 fully saturated rings. The SMILES string of the molecule is CCCCc1nc2ccc(Br)cc2c(=O)n1N=Cc1cc(Br)c(OCC(=O)O)c(OC)c1. The Kier molecular flexibility index (Phi) is 8.03. The van der Waals surface area contributed by atoms with Gasteiger partial charge in [-0.05, 0) is 58.2 Å². The Morgan fingerprint density at radius 1 is 1.28 bits per heavy atom. The Hall–Kier alpha value is -2.72. The van der Waals surface area contributed by atoms with Crippen LogP contribution in [0.5, 0.6) is 11.5 Å². The van der Waals surface area contributed by atoms with Gasteiger partial charge in [0.2, 0.25) is 0 Å². The summed E-state index contributed by atoms with van der Waals surface area (Å²) < 4.78 is 13.2. The van der Waals surface area contributed by atoms with Crippen LogP contribution in [0, 0.1) is 0 Å². The molecule has 0 aliphatic carbocycles. The maximum atomic E-state index is 13.2. The summed E-state index contributed by atoms with van der Waals surface area (Å²) in [7, 11) is 1.45. The fraction of sp³-hybridized carbons (Fsp3) is 0.273. The minimum Gasteiger partial charge on any atom is -0.493 e. The molecule has 0 saturated carbocycles. The van der Waals surface area contributed by atoms with E-state index in [4.69, 9.17) is 14.6 Å². The summed E-state index contributed by atoms with van der Waals surface area (Å²) in [5.74, 6) is 0.0839. The normalized spacial score (nSPS) is 11.2. The summed E-state index contributed by atoms with van der Waals surface area (Å²) >= 11 is 6.77. The van der Waals surface area contributed by atoms with Crippen molar-refractivity contribution in [2.45, 2.75) is 26.2 Å². The molecule has 3 rings (SSSR count). The second kappa shape index (κ2) is 10.7. The van der Waals surface area contributed by atoms with E-state index in [-0.39, 0.29) is 11.3 Å². The van der Waals surface area contributed by atoms with E-state index in [1.54, 1.807) is 18.2 Å². The van der Waals surface area contributed by atoms with Crippen molar-refractivity contribution < 1.29 is 19.4 Å². The fourth-order valence-electron chi connectivity index (χ4n) is 3.02. The van der Waals surface area contributed by atoms with Crippen molar-refractivity contribution in [3.8, 4) is 11.5 Å². The molecule has 8 nitrogen and oxygen atoms in total. The van der Waals surface area contributed by atoms with E-state index in [2.05, 4.69) is 48.9 Å². The molecule has 168 valence electrons. The number of aromatic nitrogens is 2. The van der Waals surface area contributed by atoms with Gasteiger partial charge in [-0.2, -0.15) is 9.78 Å². The number of nitrogens with zero attached hydrogens (tertiary/aromatic N) is 3. The fourth-order valence-corrected chi connectivity index (χ4v) is 3.96. The third-order valence-corrected chi connectivity index (χ3v) is 5.63. The summed E-state index contributed by atoms with van der Waals surface area (Å²) in [5.41, 5.74) is 0.991. The molecule has 0 radical (unpaired) electrons. The first-order valence-corrected chi connectivity index (χ1v) is 11.4. The Bertz CT molecular complexity index is 1240. The van der Waals surface area contributed by atoms with Gasteiger partial charge < -0.3 is 14.6 Å². The van der Waals surface area contributed by atoms with E-state index in [1.807, 2.05) is 12.1 Å². The number of unbranched alkanes of at least 4 members (excludes halogenated alkanes) is 1. The van der Waals surface area contributed by atoms with Crippen LogP contribution in [0.15, 0.2) is 49.2 Å². The van der Waals surface area contributed by atoms with Crippen molar-refractivity contribution in [1.82, 2.24) is 9.66 Å². The van der Waals surface area contributed by atoms with Crippen LogP contribution < -0.4 is 15.0 Å². The van der Waals surface area contributed by atoms with E-state index in [1.165, 1.54) is 18.0 Å². The summed E-state index contributed by atoms with van der Waals surface area (Å²) in [6.07, 6.45) is 3.97. The molecular formula is C22H21Br2N3O5. The molecule has 10 heteroatoms. The summed E-state index contributed by atoms with van der Waals surface area (Å²) in [4.78, 5) is 28.6. The van der Waals surface area contributed by atoms with Gasteiger partial charge in [-0.25, -0.2) is 9.78 Å². The van der Waals surface area contributed by atoms with Crippen molar-refractivity contribution in [2.75, 3.05) is 13.7 Å². The van der Waals surface area contributed by atoms with Gasteiger partial charge in [0, 0.05) is 10.9 Å². The Morgan fingerprint density at radius 3 is 2.75 bits per heavy atom. The minimum atomic E-state index is -1.10. The largest absolute Gasteiger partial charge is 0.493 e. The number of carbonyl (C=O) groups is 1. The second-order valence-corrected chi connectivity index (χ2v) is 8.64. The van der Waals surface area contributed by atoms with E-state index < -0.39 is 12.6 Å². The van der Waals surface area contributed by atoms with Crippen molar-refractivity contribution in [1.29, 1.82) is 0 Å². The van der Waals surface area contributed by atoms with Crippen LogP contribution in [0.25, 0.3) is 10.9 Å². The zero-order valence-electron chi connectivity index (χ0n) is 17.5. The first-order valence-electron chi connectivity index (χ1n) is 9.81. The molecule has 1 heterocycles. The number of benzene rings is 2. The highest BCUT2D eigenvalue weighted by Gasteiger charge is 2.14. The Morgan fingerprint density at radius 2 is 2.06 bits per heavy atom. The molecular weight excluding hydrogens is 546 g/mol. The zero-order chi connectivity index (χ0) is 23.3. The highest BCUT2D eigenvalue weighted by Crippen LogP contribution is 2.36. The van der Waals surface area contributed by atoms with Crippen LogP contribution in [-0.4, -0.2) is 40.7 Å². The van der Waals surface area contributed by atoms with Gasteiger partial charge in [0.1, 0.15) is 5.82 Å². The van der Waals surface area contributed by atoms with Crippen molar-refractivity contribution in [3.05, 3.63) is 61.0 Å². The monoisotopic (exact) mass is 565 g/mol. The van der Waals surface area contributed by atoms with E-state index in [0.29, 0.717) is 38.9 Å². The van der Waals surface area contributed by atoms with Crippen molar-refractivity contribution >= 4 is 54.9 Å². The van der Waals surface area contributed by atoms with Crippen LogP contribution in [0.3, 0.4) is 0 Å². The van der Waals surface area contributed by atoms with Crippen LogP contribution in [0.2, 0.25) is 0 Å². The van der Waals surface area contributed by atoms with Gasteiger partial charge in [-0.1, -0.05) is 29.3 Å². The number of aryl methyl sites for hydroxylation is 1. The smallest absolute Gasteiger partial charge is 0.341 e. The molecule has 0 atom stereocenters. The van der Waals surface area contributed by atoms with E-state index in [0.717, 1.165) is 17.3 Å². The highest BCUT2D eigenvalue weighted by molar-refractivity contribution is 9.10. The lowest BCUT2D eigenvalue weighted by molar-refractivity contribution is -0.139. The number of ether oxygens (including phenoxy) is 2. The van der Waals surface area contributed by atoms with E-state index >= 15 is 0 Å². The standard InChI is InChI=1S/C22H21Br2N3O5/c1-3-4-5-19-26-17-7-6-14(23)10-15(17)22(30)27(19)25-11-13-8-16(24)21(18(9-13)31-2)32-12-20(28)29/h6-11H,3-5,12H2,1-2H3,(H,28,29). The average molecular weight is 567 g/mol. The number of halogens is 2. The number of hydrogen-bond donors (Lipinski definition) is 1. The number of carboxylic acid groups (broad SMARTS) is 1. The predicted molar refractivity (Wildman–Crippen MR) is 129 cm³/mol. The predicted octanol–water partition coefficient (Wildman–Crippen LogP) is 4.62. The quantitative estimate of drug-likeness (QED) is 0.379. The Labute approximate surface area is 201 Å². The molecule has 0 aliphatic rings. The molecule has 0 bridgehead atoms. The van der Waals surface area contributed by atoms with Gasteiger partial charge in [-0.15, -0.1) is 0 Å². The van der Waals surface area contributed by atoms with Crippen LogP contribution >= 0.6 is 31.9 Å². The van der Waals surface area contributed by atoms with Gasteiger partial charge in [0.05, 0.1) is 28.7 Å². The number of rotatable bonds is 9. The summed E-state index contributed by atoms with van der Waals surface area (Å²) in [6.45, 7) is 1.57. The molecule has 0 amide bonds. The third-order valence-electron chi connectivity index (χ3n) is 4.54. The Balaban J connectivity index is 2.05. The lowest BCUT2D eigenvalue weighted by Gasteiger charge is -2.12. The van der Waals surface area contributed by atoms with Gasteiger partial charge >= 0.3 is 5.97 Å². The molecule has 1 aromatic heterocycles. The third kappa shape index (κ3) is 5.55. The lowest BCUT2D eigenvalue weighted by atomic mass is 10.2. The average Bonchev–Trinajstić information content (AvgIpc) is 2.76. The summed E-state index contributed by atoms with van der Waals surface area (Å²) in [5, 5.41) is 13.7. The van der Waals surface area contributed by atoms with Crippen LogP contribution in [0.1, 0.15) is 31.2 Å². The van der Waals surface area contributed by atoms with Crippen LogP contribution in [0.4, 0.5) is 0 Å². The first kappa shape index (κ1) is 23.9. The summed E-state index contributed by atoms with van der Waals surface area (Å²) in [6, 6.07) is 8.73. The molecule has 1 N–H and O–H groups in total. The lowest BCUT2D eigenvalue weighted by Crippen LogP contribution is -2.22. The van der Waals surface area contributed by atoms with Gasteiger partial charge in [-0.3, -0.25) is 4.79 Å². The molecule has 3 aromatic rings. The first-order chi connectivity index (χ1) is 15.3. The molecule has 2 aromatic carbocycles. The van der Waals surface area contributed by atoms with Crippen LogP contribution in [-0.2, 0) is 11.2 Å². The number of hydrogen-bond acceptors (Lipinski definition) is 6. The number of aliphatic carboxylic acids is 1. The molecule has 0 spiro atoms. The zero-order valence-corrected chi connectivity index (χ0v) is 20.6.